The zero-order valence-corrected chi connectivity index (χ0v) is 24.2. The number of rotatable bonds is 21. The standard InChI is InChI=1S/C27H46N6O5S/c1-3-4-5-6-7-8-9-10-11-12-15-28-25-30-26(32-27(31-25)33(16-18-34)17-19-35)29-24-14-13-22(2)23(20-24)21-39(36,37)38/h13-14,20,34-35H,3-12,15-19,21H2,1-2H3,(H,36,37,38)(H2,28,29,30,31,32). The largest absolute Gasteiger partial charge is 0.395 e. The van der Waals surface area contributed by atoms with Gasteiger partial charge in [0, 0.05) is 25.3 Å². The summed E-state index contributed by atoms with van der Waals surface area (Å²) in [5.41, 5.74) is 1.73. The molecule has 5 N–H and O–H groups in total. The van der Waals surface area contributed by atoms with Gasteiger partial charge in [0.05, 0.1) is 13.2 Å². The van der Waals surface area contributed by atoms with Crippen molar-refractivity contribution in [2.75, 3.05) is 48.4 Å². The Morgan fingerprint density at radius 2 is 1.44 bits per heavy atom. The Labute approximate surface area is 233 Å². The van der Waals surface area contributed by atoms with Gasteiger partial charge in [0.15, 0.2) is 0 Å². The fraction of sp³-hybridized carbons (Fsp3) is 0.667. The van der Waals surface area contributed by atoms with Crippen LogP contribution in [0.3, 0.4) is 0 Å². The van der Waals surface area contributed by atoms with Crippen molar-refractivity contribution in [2.45, 2.75) is 83.8 Å². The third-order valence-corrected chi connectivity index (χ3v) is 7.08. The fourth-order valence-electron chi connectivity index (χ4n) is 4.24. The number of hydrogen-bond donors (Lipinski definition) is 5. The number of nitrogens with one attached hydrogen (secondary N) is 2. The van der Waals surface area contributed by atoms with Crippen LogP contribution in [0.25, 0.3) is 0 Å². The van der Waals surface area contributed by atoms with Crippen LogP contribution in [0, 0.1) is 6.92 Å². The lowest BCUT2D eigenvalue weighted by Crippen LogP contribution is -2.31. The van der Waals surface area contributed by atoms with E-state index >= 15 is 0 Å². The van der Waals surface area contributed by atoms with Crippen LogP contribution in [0.15, 0.2) is 18.2 Å². The van der Waals surface area contributed by atoms with Crippen molar-refractivity contribution in [2.24, 2.45) is 0 Å². The molecule has 1 heterocycles. The second kappa shape index (κ2) is 17.9. The number of aliphatic hydroxyl groups excluding tert-OH is 2. The number of anilines is 4. The third kappa shape index (κ3) is 13.4. The van der Waals surface area contributed by atoms with E-state index in [9.17, 15) is 23.2 Å². The highest BCUT2D eigenvalue weighted by Crippen LogP contribution is 2.22. The average molecular weight is 567 g/mol. The summed E-state index contributed by atoms with van der Waals surface area (Å²) >= 11 is 0. The molecule has 2 aromatic rings. The molecule has 0 aliphatic carbocycles. The van der Waals surface area contributed by atoms with Crippen molar-refractivity contribution >= 4 is 33.7 Å². The normalized spacial score (nSPS) is 11.5. The van der Waals surface area contributed by atoms with E-state index < -0.39 is 15.9 Å². The molecular formula is C27H46N6O5S. The van der Waals surface area contributed by atoms with Crippen molar-refractivity contribution in [1.29, 1.82) is 0 Å². The van der Waals surface area contributed by atoms with E-state index in [1.54, 1.807) is 30.0 Å². The van der Waals surface area contributed by atoms with Gasteiger partial charge in [-0.2, -0.15) is 23.4 Å². The van der Waals surface area contributed by atoms with E-state index in [4.69, 9.17) is 0 Å². The lowest BCUT2D eigenvalue weighted by atomic mass is 10.1. The molecule has 0 bridgehead atoms. The molecule has 0 aliphatic heterocycles. The predicted octanol–water partition coefficient (Wildman–Crippen LogP) is 4.44. The molecule has 0 spiro atoms. The SMILES string of the molecule is CCCCCCCCCCCCNc1nc(Nc2ccc(C)c(CS(=O)(=O)O)c2)nc(N(CCO)CCO)n1. The number of hydrogen-bond acceptors (Lipinski definition) is 10. The van der Waals surface area contributed by atoms with Crippen molar-refractivity contribution in [3.63, 3.8) is 0 Å². The van der Waals surface area contributed by atoms with E-state index in [2.05, 4.69) is 32.5 Å². The van der Waals surface area contributed by atoms with E-state index in [-0.39, 0.29) is 32.3 Å². The zero-order chi connectivity index (χ0) is 28.5. The zero-order valence-electron chi connectivity index (χ0n) is 23.4. The molecule has 2 rings (SSSR count). The lowest BCUT2D eigenvalue weighted by Gasteiger charge is -2.21. The minimum atomic E-state index is -4.19. The summed E-state index contributed by atoms with van der Waals surface area (Å²) in [6, 6.07) is 5.14. The summed E-state index contributed by atoms with van der Waals surface area (Å²) in [7, 11) is -4.19. The number of aryl methyl sites for hydroxylation is 1. The van der Waals surface area contributed by atoms with Gasteiger partial charge in [-0.15, -0.1) is 0 Å². The molecule has 0 aliphatic rings. The van der Waals surface area contributed by atoms with Gasteiger partial charge < -0.3 is 25.7 Å². The smallest absolute Gasteiger partial charge is 0.269 e. The average Bonchev–Trinajstić information content (AvgIpc) is 2.88. The maximum atomic E-state index is 11.4. The molecule has 0 fully saturated rings. The summed E-state index contributed by atoms with van der Waals surface area (Å²) in [5.74, 6) is 0.396. The molecule has 39 heavy (non-hydrogen) atoms. The van der Waals surface area contributed by atoms with Crippen molar-refractivity contribution in [1.82, 2.24) is 15.0 Å². The summed E-state index contributed by atoms with van der Waals surface area (Å²) < 4.78 is 32.1. The van der Waals surface area contributed by atoms with Crippen LogP contribution in [0.5, 0.6) is 0 Å². The number of aliphatic hydroxyl groups is 2. The topological polar surface area (TPSA) is 161 Å². The van der Waals surface area contributed by atoms with Gasteiger partial charge in [-0.25, -0.2) is 0 Å². The van der Waals surface area contributed by atoms with E-state index in [0.717, 1.165) is 18.4 Å². The second-order valence-corrected chi connectivity index (χ2v) is 11.3. The summed E-state index contributed by atoms with van der Waals surface area (Å²) in [6.07, 6.45) is 12.4. The van der Waals surface area contributed by atoms with Gasteiger partial charge >= 0.3 is 0 Å². The Hall–Kier alpha value is -2.54. The number of nitrogens with zero attached hydrogens (tertiary/aromatic N) is 4. The first-order chi connectivity index (χ1) is 18.8. The van der Waals surface area contributed by atoms with Gasteiger partial charge in [-0.3, -0.25) is 4.55 Å². The second-order valence-electron chi connectivity index (χ2n) is 9.82. The molecule has 0 atom stereocenters. The first kappa shape index (κ1) is 32.7. The molecular weight excluding hydrogens is 520 g/mol. The molecule has 1 aromatic heterocycles. The first-order valence-corrected chi connectivity index (χ1v) is 15.6. The summed E-state index contributed by atoms with van der Waals surface area (Å²) in [4.78, 5) is 15.1. The quantitative estimate of drug-likeness (QED) is 0.107. The predicted molar refractivity (Wildman–Crippen MR) is 156 cm³/mol. The van der Waals surface area contributed by atoms with E-state index in [0.29, 0.717) is 29.7 Å². The van der Waals surface area contributed by atoms with Gasteiger partial charge in [0.1, 0.15) is 5.75 Å². The highest BCUT2D eigenvalue weighted by atomic mass is 32.2. The molecule has 0 amide bonds. The molecule has 220 valence electrons. The van der Waals surface area contributed by atoms with E-state index in [1.165, 1.54) is 51.4 Å². The molecule has 0 saturated heterocycles. The van der Waals surface area contributed by atoms with Crippen LogP contribution in [-0.4, -0.2) is 71.0 Å². The van der Waals surface area contributed by atoms with Gasteiger partial charge in [-0.1, -0.05) is 70.8 Å². The third-order valence-electron chi connectivity index (χ3n) is 6.40. The molecule has 0 saturated carbocycles. The fourth-order valence-corrected chi connectivity index (χ4v) is 4.94. The molecule has 1 aromatic carbocycles. The van der Waals surface area contributed by atoms with Gasteiger partial charge in [-0.05, 0) is 36.6 Å². The van der Waals surface area contributed by atoms with Crippen molar-refractivity contribution in [3.8, 4) is 0 Å². The van der Waals surface area contributed by atoms with Crippen molar-refractivity contribution < 1.29 is 23.2 Å². The Kier molecular flexibility index (Phi) is 15.0. The monoisotopic (exact) mass is 566 g/mol. The Balaban J connectivity index is 2.04. The van der Waals surface area contributed by atoms with Crippen LogP contribution < -0.4 is 15.5 Å². The Morgan fingerprint density at radius 1 is 0.846 bits per heavy atom. The van der Waals surface area contributed by atoms with Crippen LogP contribution in [0.1, 0.15) is 82.3 Å². The molecule has 0 unspecified atom stereocenters. The summed E-state index contributed by atoms with van der Waals surface area (Å²) in [5, 5.41) is 25.3. The lowest BCUT2D eigenvalue weighted by molar-refractivity contribution is 0.280. The first-order valence-electron chi connectivity index (χ1n) is 14.0. The Morgan fingerprint density at radius 3 is 2.03 bits per heavy atom. The van der Waals surface area contributed by atoms with Gasteiger partial charge in [0.2, 0.25) is 17.8 Å². The minimum absolute atomic E-state index is 0.132. The molecule has 12 heteroatoms. The maximum absolute atomic E-state index is 11.4. The minimum Gasteiger partial charge on any atom is -0.395 e. The van der Waals surface area contributed by atoms with Crippen LogP contribution in [0.2, 0.25) is 0 Å². The number of unbranched alkanes of at least 4 members (excludes halogenated alkanes) is 9. The molecule has 0 radical (unpaired) electrons. The Bertz CT molecular complexity index is 1080. The van der Waals surface area contributed by atoms with Gasteiger partial charge in [0.25, 0.3) is 10.1 Å². The molecule has 11 nitrogen and oxygen atoms in total. The summed E-state index contributed by atoms with van der Waals surface area (Å²) in [6.45, 7) is 4.92. The maximum Gasteiger partial charge on any atom is 0.269 e. The number of benzene rings is 1. The van der Waals surface area contributed by atoms with Crippen LogP contribution in [-0.2, 0) is 15.9 Å². The highest BCUT2D eigenvalue weighted by Gasteiger charge is 2.15. The highest BCUT2D eigenvalue weighted by molar-refractivity contribution is 7.85. The van der Waals surface area contributed by atoms with E-state index in [1.807, 2.05) is 0 Å². The van der Waals surface area contributed by atoms with Crippen LogP contribution >= 0.6 is 0 Å². The van der Waals surface area contributed by atoms with Crippen molar-refractivity contribution in [3.05, 3.63) is 29.3 Å². The van der Waals surface area contributed by atoms with Crippen LogP contribution in [0.4, 0.5) is 23.5 Å². The number of aromatic nitrogens is 3.